The number of ether oxygens (including phenoxy) is 1. The van der Waals surface area contributed by atoms with Crippen molar-refractivity contribution in [2.24, 2.45) is 0 Å². The number of thiol groups is 1. The Morgan fingerprint density at radius 1 is 1.67 bits per heavy atom. The van der Waals surface area contributed by atoms with Crippen LogP contribution < -0.4 is 0 Å². The van der Waals surface area contributed by atoms with Gasteiger partial charge in [0.1, 0.15) is 0 Å². The fourth-order valence-corrected chi connectivity index (χ4v) is 1.28. The van der Waals surface area contributed by atoms with E-state index in [1.54, 1.807) is 6.92 Å². The van der Waals surface area contributed by atoms with Crippen LogP contribution in [0.2, 0.25) is 0 Å². The summed E-state index contributed by atoms with van der Waals surface area (Å²) in [4.78, 5) is 19.2. The van der Waals surface area contributed by atoms with Crippen molar-refractivity contribution in [3.63, 3.8) is 0 Å². The number of hydrogen-bond donors (Lipinski definition) is 1. The van der Waals surface area contributed by atoms with Gasteiger partial charge in [-0.25, -0.2) is 14.3 Å². The molecule has 0 atom stereocenters. The van der Waals surface area contributed by atoms with E-state index in [1.165, 1.54) is 16.9 Å². The summed E-state index contributed by atoms with van der Waals surface area (Å²) < 4.78 is 6.21. The predicted octanol–water partition coefficient (Wildman–Crippen LogP) is 0.590. The number of hydrogen-bond acceptors (Lipinski definition) is 6. The maximum absolute atomic E-state index is 11.4. The number of carbonyl (C=O) groups excluding carboxylic acids is 1. The zero-order valence-corrected chi connectivity index (χ0v) is 8.81. The van der Waals surface area contributed by atoms with Crippen molar-refractivity contribution in [1.29, 1.82) is 0 Å². The average Bonchev–Trinajstić information content (AvgIpc) is 2.57. The minimum atomic E-state index is -0.428. The van der Waals surface area contributed by atoms with Gasteiger partial charge in [0.15, 0.2) is 0 Å². The third kappa shape index (κ3) is 1.91. The van der Waals surface area contributed by atoms with E-state index in [9.17, 15) is 4.79 Å². The summed E-state index contributed by atoms with van der Waals surface area (Å²) in [7, 11) is 0. The Labute approximate surface area is 90.7 Å². The van der Waals surface area contributed by atoms with Gasteiger partial charge in [-0.3, -0.25) is 0 Å². The summed E-state index contributed by atoms with van der Waals surface area (Å²) in [5.74, 6) is -0.0313. The van der Waals surface area contributed by atoms with Crippen molar-refractivity contribution in [3.8, 4) is 0 Å². The van der Waals surface area contributed by atoms with Gasteiger partial charge in [0.25, 0.3) is 5.78 Å². The lowest BCUT2D eigenvalue weighted by Gasteiger charge is -2.00. The van der Waals surface area contributed by atoms with Crippen LogP contribution in [-0.4, -0.2) is 32.2 Å². The van der Waals surface area contributed by atoms with Gasteiger partial charge in [-0.05, 0) is 6.92 Å². The fraction of sp³-hybridized carbons (Fsp3) is 0.250. The van der Waals surface area contributed by atoms with Crippen molar-refractivity contribution in [2.45, 2.75) is 12.1 Å². The van der Waals surface area contributed by atoms with Crippen LogP contribution in [0.5, 0.6) is 0 Å². The van der Waals surface area contributed by atoms with Crippen LogP contribution in [0.1, 0.15) is 17.3 Å². The Kier molecular flexibility index (Phi) is 2.55. The highest BCUT2D eigenvalue weighted by molar-refractivity contribution is 7.80. The monoisotopic (exact) mass is 224 g/mol. The molecule has 0 saturated heterocycles. The molecule has 0 aliphatic carbocycles. The first-order valence-electron chi connectivity index (χ1n) is 4.29. The fourth-order valence-electron chi connectivity index (χ4n) is 1.09. The van der Waals surface area contributed by atoms with Crippen LogP contribution in [0.4, 0.5) is 0 Å². The summed E-state index contributed by atoms with van der Waals surface area (Å²) in [5.41, 5.74) is 0.336. The van der Waals surface area contributed by atoms with Gasteiger partial charge >= 0.3 is 5.97 Å². The zero-order valence-electron chi connectivity index (χ0n) is 7.91. The van der Waals surface area contributed by atoms with Crippen LogP contribution in [0.25, 0.3) is 5.78 Å². The number of nitrogens with zero attached hydrogens (tertiary/aromatic N) is 4. The van der Waals surface area contributed by atoms with Gasteiger partial charge in [0, 0.05) is 12.4 Å². The van der Waals surface area contributed by atoms with Gasteiger partial charge in [0.05, 0.1) is 12.2 Å². The molecule has 0 aliphatic heterocycles. The Morgan fingerprint density at radius 2 is 2.47 bits per heavy atom. The topological polar surface area (TPSA) is 69.4 Å². The molecule has 0 aromatic carbocycles. The second-order valence-corrected chi connectivity index (χ2v) is 3.12. The molecular formula is C8H8N4O2S. The molecule has 0 saturated carbocycles. The normalized spacial score (nSPS) is 10.5. The van der Waals surface area contributed by atoms with Crippen LogP contribution >= 0.6 is 12.6 Å². The Balaban J connectivity index is 2.41. The Morgan fingerprint density at radius 3 is 3.20 bits per heavy atom. The number of fused-ring (bicyclic) bond motifs is 1. The van der Waals surface area contributed by atoms with Crippen LogP contribution in [-0.2, 0) is 4.74 Å². The molecule has 6 nitrogen and oxygen atoms in total. The largest absolute Gasteiger partial charge is 0.462 e. The minimum absolute atomic E-state index is 0.309. The summed E-state index contributed by atoms with van der Waals surface area (Å²) in [5, 5.41) is 4.22. The quantitative estimate of drug-likeness (QED) is 0.597. The highest BCUT2D eigenvalue weighted by Gasteiger charge is 2.09. The summed E-state index contributed by atoms with van der Waals surface area (Å²) in [6, 6.07) is 0. The predicted molar refractivity (Wildman–Crippen MR) is 54.0 cm³/mol. The molecule has 2 aromatic rings. The first kappa shape index (κ1) is 9.91. The Bertz CT molecular complexity index is 510. The summed E-state index contributed by atoms with van der Waals surface area (Å²) >= 11 is 3.97. The lowest BCUT2D eigenvalue weighted by atomic mass is 10.3. The van der Waals surface area contributed by atoms with Gasteiger partial charge < -0.3 is 4.74 Å². The van der Waals surface area contributed by atoms with Crippen molar-refractivity contribution < 1.29 is 9.53 Å². The number of aromatic nitrogens is 4. The van der Waals surface area contributed by atoms with Gasteiger partial charge in [-0.2, -0.15) is 4.98 Å². The van der Waals surface area contributed by atoms with Crippen molar-refractivity contribution in [2.75, 3.05) is 6.61 Å². The lowest BCUT2D eigenvalue weighted by Crippen LogP contribution is -2.07. The molecule has 0 spiro atoms. The molecule has 0 bridgehead atoms. The lowest BCUT2D eigenvalue weighted by molar-refractivity contribution is 0.0525. The molecular weight excluding hydrogens is 216 g/mol. The third-order valence-corrected chi connectivity index (χ3v) is 1.88. The maximum atomic E-state index is 11.4. The number of rotatable bonds is 2. The molecule has 0 unspecified atom stereocenters. The van der Waals surface area contributed by atoms with E-state index in [2.05, 4.69) is 27.7 Å². The molecule has 2 rings (SSSR count). The molecule has 7 heteroatoms. The SMILES string of the molecule is CCOC(=O)c1cnc2nc(S)nn2c1. The van der Waals surface area contributed by atoms with Gasteiger partial charge in [0.2, 0.25) is 5.16 Å². The zero-order chi connectivity index (χ0) is 10.8. The molecule has 15 heavy (non-hydrogen) atoms. The van der Waals surface area contributed by atoms with Crippen molar-refractivity contribution in [1.82, 2.24) is 19.6 Å². The molecule has 0 radical (unpaired) electrons. The number of carbonyl (C=O) groups is 1. The minimum Gasteiger partial charge on any atom is -0.462 e. The van der Waals surface area contributed by atoms with E-state index in [4.69, 9.17) is 4.74 Å². The second kappa shape index (κ2) is 3.85. The van der Waals surface area contributed by atoms with E-state index in [1.807, 2.05) is 0 Å². The number of esters is 1. The smallest absolute Gasteiger partial charge is 0.341 e. The third-order valence-electron chi connectivity index (χ3n) is 1.69. The van der Waals surface area contributed by atoms with Crippen LogP contribution in [0, 0.1) is 0 Å². The van der Waals surface area contributed by atoms with Crippen molar-refractivity contribution >= 4 is 24.4 Å². The summed E-state index contributed by atoms with van der Waals surface area (Å²) in [6.07, 6.45) is 2.91. The van der Waals surface area contributed by atoms with E-state index in [0.717, 1.165) is 0 Å². The molecule has 0 amide bonds. The highest BCUT2D eigenvalue weighted by atomic mass is 32.1. The Hall–Kier alpha value is -1.63. The first-order valence-corrected chi connectivity index (χ1v) is 4.74. The van der Waals surface area contributed by atoms with Gasteiger partial charge in [-0.1, -0.05) is 0 Å². The van der Waals surface area contributed by atoms with E-state index in [-0.39, 0.29) is 0 Å². The van der Waals surface area contributed by atoms with E-state index in [0.29, 0.717) is 23.1 Å². The van der Waals surface area contributed by atoms with Crippen LogP contribution in [0.15, 0.2) is 17.6 Å². The highest BCUT2D eigenvalue weighted by Crippen LogP contribution is 2.04. The average molecular weight is 224 g/mol. The van der Waals surface area contributed by atoms with Crippen LogP contribution in [0.3, 0.4) is 0 Å². The maximum Gasteiger partial charge on any atom is 0.341 e. The standard InChI is InChI=1S/C8H8N4O2S/c1-2-14-6(13)5-3-9-7-10-8(15)11-12(7)4-5/h3-4H,2H2,1H3,(H,11,15). The first-order chi connectivity index (χ1) is 7.20. The molecule has 2 heterocycles. The second-order valence-electron chi connectivity index (χ2n) is 2.72. The molecule has 0 aliphatic rings. The summed E-state index contributed by atoms with van der Waals surface area (Å²) in [6.45, 7) is 2.07. The van der Waals surface area contributed by atoms with E-state index >= 15 is 0 Å². The van der Waals surface area contributed by atoms with Crippen molar-refractivity contribution in [3.05, 3.63) is 18.0 Å². The molecule has 0 N–H and O–H groups in total. The molecule has 78 valence electrons. The van der Waals surface area contributed by atoms with Gasteiger partial charge in [-0.15, -0.1) is 17.7 Å². The van der Waals surface area contributed by atoms with E-state index < -0.39 is 5.97 Å². The molecule has 0 fully saturated rings. The molecule has 2 aromatic heterocycles.